The first-order valence-corrected chi connectivity index (χ1v) is 7.95. The summed E-state index contributed by atoms with van der Waals surface area (Å²) in [5, 5.41) is 2.79. The summed E-state index contributed by atoms with van der Waals surface area (Å²) in [7, 11) is 1.49. The van der Waals surface area contributed by atoms with Crippen LogP contribution in [-0.4, -0.2) is 19.0 Å². The summed E-state index contributed by atoms with van der Waals surface area (Å²) in [5.74, 6) is 0.436. The van der Waals surface area contributed by atoms with Crippen LogP contribution in [0.5, 0.6) is 17.2 Å². The number of rotatable bonds is 4. The van der Waals surface area contributed by atoms with E-state index in [2.05, 4.69) is 5.32 Å². The molecule has 1 heterocycles. The van der Waals surface area contributed by atoms with Crippen LogP contribution in [0.25, 0.3) is 0 Å². The molecule has 0 aromatic heterocycles. The van der Waals surface area contributed by atoms with Crippen molar-refractivity contribution in [3.05, 3.63) is 53.6 Å². The topological polar surface area (TPSA) is 73.9 Å². The van der Waals surface area contributed by atoms with Gasteiger partial charge >= 0.3 is 5.97 Å². The molecular weight excluding hydrogens is 322 g/mol. The van der Waals surface area contributed by atoms with Gasteiger partial charge in [-0.15, -0.1) is 0 Å². The molecule has 0 saturated carbocycles. The van der Waals surface area contributed by atoms with Gasteiger partial charge in [0.05, 0.1) is 18.6 Å². The fourth-order valence-corrected chi connectivity index (χ4v) is 2.42. The number of para-hydroxylation sites is 1. The fourth-order valence-electron chi connectivity index (χ4n) is 2.42. The van der Waals surface area contributed by atoms with Gasteiger partial charge in [-0.2, -0.15) is 0 Å². The minimum Gasteiger partial charge on any atom is -0.493 e. The van der Waals surface area contributed by atoms with Crippen molar-refractivity contribution in [3.8, 4) is 17.2 Å². The monoisotopic (exact) mass is 341 g/mol. The zero-order chi connectivity index (χ0) is 18.0. The average Bonchev–Trinajstić information content (AvgIpc) is 2.61. The van der Waals surface area contributed by atoms with Crippen molar-refractivity contribution in [2.45, 2.75) is 20.1 Å². The third-order valence-corrected chi connectivity index (χ3v) is 3.81. The lowest BCUT2D eigenvalue weighted by atomic mass is 10.1. The van der Waals surface area contributed by atoms with Gasteiger partial charge in [-0.1, -0.05) is 26.0 Å². The summed E-state index contributed by atoms with van der Waals surface area (Å²) in [6.45, 7) is 3.51. The molecule has 25 heavy (non-hydrogen) atoms. The summed E-state index contributed by atoms with van der Waals surface area (Å²) >= 11 is 0. The molecule has 0 spiro atoms. The number of amides is 1. The lowest BCUT2D eigenvalue weighted by Crippen LogP contribution is -2.36. The van der Waals surface area contributed by atoms with Gasteiger partial charge in [0.2, 0.25) is 0 Å². The Balaban J connectivity index is 1.87. The second-order valence-electron chi connectivity index (χ2n) is 5.95. The van der Waals surface area contributed by atoms with Gasteiger partial charge in [-0.25, -0.2) is 0 Å². The van der Waals surface area contributed by atoms with Gasteiger partial charge in [-0.05, 0) is 30.3 Å². The third kappa shape index (κ3) is 3.42. The predicted molar refractivity (Wildman–Crippen MR) is 90.7 cm³/mol. The van der Waals surface area contributed by atoms with Crippen molar-refractivity contribution < 1.29 is 23.8 Å². The van der Waals surface area contributed by atoms with Crippen molar-refractivity contribution in [2.24, 2.45) is 5.92 Å². The standard InChI is InChI=1S/C19H19NO5/c1-11(2)19(22)25-15-9-8-12(10-16(15)23-3)18-20-17(21)13-6-4-5-7-14(13)24-18/h4-11,18H,1-3H3,(H,20,21)/t18-/m0/s1. The molecule has 6 nitrogen and oxygen atoms in total. The maximum atomic E-state index is 12.2. The Kier molecular flexibility index (Phi) is 4.61. The van der Waals surface area contributed by atoms with Crippen molar-refractivity contribution in [2.75, 3.05) is 7.11 Å². The molecule has 0 unspecified atom stereocenters. The fraction of sp³-hybridized carbons (Fsp3) is 0.263. The average molecular weight is 341 g/mol. The van der Waals surface area contributed by atoms with Gasteiger partial charge in [-0.3, -0.25) is 9.59 Å². The number of carbonyl (C=O) groups is 2. The highest BCUT2D eigenvalue weighted by Crippen LogP contribution is 2.34. The summed E-state index contributed by atoms with van der Waals surface area (Å²) in [4.78, 5) is 24.0. The molecule has 2 aromatic carbocycles. The van der Waals surface area contributed by atoms with E-state index < -0.39 is 6.23 Å². The molecule has 0 aliphatic carbocycles. The minimum absolute atomic E-state index is 0.207. The zero-order valence-electron chi connectivity index (χ0n) is 14.2. The number of nitrogens with one attached hydrogen (secondary N) is 1. The number of hydrogen-bond donors (Lipinski definition) is 1. The highest BCUT2D eigenvalue weighted by Gasteiger charge is 2.27. The highest BCUT2D eigenvalue weighted by molar-refractivity contribution is 5.98. The van der Waals surface area contributed by atoms with Crippen LogP contribution < -0.4 is 19.5 Å². The van der Waals surface area contributed by atoms with E-state index in [4.69, 9.17) is 14.2 Å². The van der Waals surface area contributed by atoms with Crippen LogP contribution >= 0.6 is 0 Å². The van der Waals surface area contributed by atoms with Gasteiger partial charge in [0.25, 0.3) is 5.91 Å². The molecule has 1 atom stereocenters. The lowest BCUT2D eigenvalue weighted by Gasteiger charge is -2.27. The molecule has 0 radical (unpaired) electrons. The summed E-state index contributed by atoms with van der Waals surface area (Å²) in [6, 6.07) is 12.1. The number of esters is 1. The number of carbonyl (C=O) groups excluding carboxylic acids is 2. The van der Waals surface area contributed by atoms with Gasteiger partial charge in [0.15, 0.2) is 17.7 Å². The first-order chi connectivity index (χ1) is 12.0. The first kappa shape index (κ1) is 16.8. The van der Waals surface area contributed by atoms with E-state index in [0.717, 1.165) is 0 Å². The molecule has 2 aromatic rings. The van der Waals surface area contributed by atoms with E-state index in [1.54, 1.807) is 50.2 Å². The summed E-state index contributed by atoms with van der Waals surface area (Å²) < 4.78 is 16.5. The maximum absolute atomic E-state index is 12.2. The summed E-state index contributed by atoms with van der Waals surface area (Å²) in [5.41, 5.74) is 1.18. The van der Waals surface area contributed by atoms with Gasteiger partial charge < -0.3 is 19.5 Å². The molecule has 0 saturated heterocycles. The Bertz CT molecular complexity index is 815. The van der Waals surface area contributed by atoms with Gasteiger partial charge in [0, 0.05) is 5.56 Å². The Morgan fingerprint density at radius 1 is 1.16 bits per heavy atom. The summed E-state index contributed by atoms with van der Waals surface area (Å²) in [6.07, 6.45) is -0.647. The second-order valence-corrected chi connectivity index (χ2v) is 5.95. The quantitative estimate of drug-likeness (QED) is 0.683. The van der Waals surface area contributed by atoms with Crippen LogP contribution in [0.3, 0.4) is 0 Å². The lowest BCUT2D eigenvalue weighted by molar-refractivity contribution is -0.137. The molecule has 1 amide bonds. The molecule has 0 bridgehead atoms. The van der Waals surface area contributed by atoms with E-state index in [-0.39, 0.29) is 17.8 Å². The van der Waals surface area contributed by atoms with E-state index in [0.29, 0.717) is 28.4 Å². The second kappa shape index (κ2) is 6.84. The number of hydrogen-bond acceptors (Lipinski definition) is 5. The Morgan fingerprint density at radius 3 is 2.64 bits per heavy atom. The molecule has 1 N–H and O–H groups in total. The van der Waals surface area contributed by atoms with Crippen molar-refractivity contribution in [3.63, 3.8) is 0 Å². The van der Waals surface area contributed by atoms with Crippen molar-refractivity contribution in [1.29, 1.82) is 0 Å². The van der Waals surface area contributed by atoms with Crippen LogP contribution in [0.15, 0.2) is 42.5 Å². The zero-order valence-corrected chi connectivity index (χ0v) is 14.2. The number of fused-ring (bicyclic) bond motifs is 1. The minimum atomic E-state index is -0.647. The van der Waals surface area contributed by atoms with E-state index in [1.165, 1.54) is 7.11 Å². The van der Waals surface area contributed by atoms with E-state index >= 15 is 0 Å². The molecular formula is C19H19NO5. The van der Waals surface area contributed by atoms with E-state index in [1.807, 2.05) is 6.07 Å². The predicted octanol–water partition coefficient (Wildman–Crippen LogP) is 3.08. The number of ether oxygens (including phenoxy) is 3. The largest absolute Gasteiger partial charge is 0.493 e. The van der Waals surface area contributed by atoms with Crippen LogP contribution in [0, 0.1) is 5.92 Å². The number of methoxy groups -OCH3 is 1. The smallest absolute Gasteiger partial charge is 0.313 e. The third-order valence-electron chi connectivity index (χ3n) is 3.81. The SMILES string of the molecule is COc1cc([C@H]2NC(=O)c3ccccc3O2)ccc1OC(=O)C(C)C. The number of benzene rings is 2. The Hall–Kier alpha value is -3.02. The maximum Gasteiger partial charge on any atom is 0.313 e. The molecule has 0 fully saturated rings. The van der Waals surface area contributed by atoms with Crippen molar-refractivity contribution in [1.82, 2.24) is 5.32 Å². The van der Waals surface area contributed by atoms with Crippen LogP contribution in [-0.2, 0) is 4.79 Å². The molecule has 6 heteroatoms. The van der Waals surface area contributed by atoms with Crippen LogP contribution in [0.2, 0.25) is 0 Å². The molecule has 3 rings (SSSR count). The highest BCUT2D eigenvalue weighted by atomic mass is 16.6. The first-order valence-electron chi connectivity index (χ1n) is 7.95. The van der Waals surface area contributed by atoms with Crippen LogP contribution in [0.4, 0.5) is 0 Å². The van der Waals surface area contributed by atoms with Crippen LogP contribution in [0.1, 0.15) is 36.0 Å². The Labute approximate surface area is 145 Å². The Morgan fingerprint density at radius 2 is 1.92 bits per heavy atom. The van der Waals surface area contributed by atoms with Gasteiger partial charge in [0.1, 0.15) is 5.75 Å². The molecule has 130 valence electrons. The molecule has 1 aliphatic rings. The van der Waals surface area contributed by atoms with Crippen molar-refractivity contribution >= 4 is 11.9 Å². The normalized spacial score (nSPS) is 15.8. The molecule has 1 aliphatic heterocycles. The van der Waals surface area contributed by atoms with E-state index in [9.17, 15) is 9.59 Å².